The summed E-state index contributed by atoms with van der Waals surface area (Å²) >= 11 is 0. The van der Waals surface area contributed by atoms with Crippen molar-refractivity contribution < 1.29 is 34.0 Å². The normalized spacial score (nSPS) is 14.7. The van der Waals surface area contributed by atoms with E-state index in [2.05, 4.69) is 4.99 Å². The highest BCUT2D eigenvalue weighted by atomic mass is 16.6. The van der Waals surface area contributed by atoms with E-state index in [-0.39, 0.29) is 23.1 Å². The second-order valence-corrected chi connectivity index (χ2v) is 5.49. The van der Waals surface area contributed by atoms with Crippen LogP contribution in [0.1, 0.15) is 11.1 Å². The van der Waals surface area contributed by atoms with Crippen molar-refractivity contribution in [2.24, 2.45) is 4.99 Å². The third-order valence-corrected chi connectivity index (χ3v) is 3.84. The molecular formula is C19H17NO7. The smallest absolute Gasteiger partial charge is 0.363 e. The highest BCUT2D eigenvalue weighted by Crippen LogP contribution is 2.39. The Morgan fingerprint density at radius 2 is 1.67 bits per heavy atom. The van der Waals surface area contributed by atoms with Crippen molar-refractivity contribution in [3.05, 3.63) is 47.2 Å². The van der Waals surface area contributed by atoms with Crippen LogP contribution in [-0.2, 0) is 9.53 Å². The Morgan fingerprint density at radius 3 is 2.22 bits per heavy atom. The molecule has 140 valence electrons. The predicted molar refractivity (Wildman–Crippen MR) is 96.5 cm³/mol. The van der Waals surface area contributed by atoms with Gasteiger partial charge in [-0.15, -0.1) is 0 Å². The zero-order chi connectivity index (χ0) is 19.6. The lowest BCUT2D eigenvalue weighted by atomic mass is 10.1. The van der Waals surface area contributed by atoms with Crippen LogP contribution in [0.5, 0.6) is 28.7 Å². The third kappa shape index (κ3) is 3.50. The minimum atomic E-state index is -0.675. The number of esters is 1. The molecule has 0 amide bonds. The van der Waals surface area contributed by atoms with Gasteiger partial charge in [0.1, 0.15) is 11.5 Å². The molecule has 1 aliphatic rings. The molecule has 0 saturated heterocycles. The largest absolute Gasteiger partial charge is 0.508 e. The Bertz CT molecular complexity index is 938. The van der Waals surface area contributed by atoms with Crippen molar-refractivity contribution in [3.63, 3.8) is 0 Å². The molecule has 2 aromatic carbocycles. The van der Waals surface area contributed by atoms with Gasteiger partial charge in [-0.05, 0) is 30.3 Å². The first-order valence-corrected chi connectivity index (χ1v) is 7.81. The van der Waals surface area contributed by atoms with Crippen LogP contribution in [0.25, 0.3) is 6.08 Å². The summed E-state index contributed by atoms with van der Waals surface area (Å²) in [6, 6.07) is 7.22. The van der Waals surface area contributed by atoms with E-state index in [0.717, 1.165) is 6.07 Å². The van der Waals surface area contributed by atoms with Gasteiger partial charge in [-0.25, -0.2) is 9.79 Å². The van der Waals surface area contributed by atoms with Gasteiger partial charge in [0.25, 0.3) is 0 Å². The number of phenols is 2. The van der Waals surface area contributed by atoms with E-state index in [4.69, 9.17) is 18.9 Å². The van der Waals surface area contributed by atoms with Gasteiger partial charge < -0.3 is 29.2 Å². The van der Waals surface area contributed by atoms with Crippen LogP contribution in [0.2, 0.25) is 0 Å². The summed E-state index contributed by atoms with van der Waals surface area (Å²) in [5.74, 6) is 0.281. The number of methoxy groups -OCH3 is 3. The maximum Gasteiger partial charge on any atom is 0.363 e. The Balaban J connectivity index is 2.02. The number of nitrogens with zero attached hydrogens (tertiary/aromatic N) is 1. The average molecular weight is 371 g/mol. The van der Waals surface area contributed by atoms with Gasteiger partial charge >= 0.3 is 5.97 Å². The predicted octanol–water partition coefficient (Wildman–Crippen LogP) is 2.47. The number of carbonyl (C=O) groups excluding carboxylic acids is 1. The second kappa shape index (κ2) is 7.28. The van der Waals surface area contributed by atoms with E-state index in [9.17, 15) is 15.0 Å². The van der Waals surface area contributed by atoms with Crippen LogP contribution >= 0.6 is 0 Å². The van der Waals surface area contributed by atoms with Crippen molar-refractivity contribution >= 4 is 17.9 Å². The molecule has 1 aliphatic heterocycles. The van der Waals surface area contributed by atoms with E-state index in [1.165, 1.54) is 39.5 Å². The highest BCUT2D eigenvalue weighted by molar-refractivity contribution is 6.13. The fourth-order valence-electron chi connectivity index (χ4n) is 2.54. The summed E-state index contributed by atoms with van der Waals surface area (Å²) in [6.45, 7) is 0. The van der Waals surface area contributed by atoms with Crippen molar-refractivity contribution in [1.82, 2.24) is 0 Å². The lowest BCUT2D eigenvalue weighted by Crippen LogP contribution is -2.06. The van der Waals surface area contributed by atoms with Crippen LogP contribution in [0.15, 0.2) is 41.0 Å². The first kappa shape index (κ1) is 18.1. The molecule has 3 rings (SSSR count). The monoisotopic (exact) mass is 371 g/mol. The molecule has 0 bridgehead atoms. The quantitative estimate of drug-likeness (QED) is 0.614. The van der Waals surface area contributed by atoms with Crippen molar-refractivity contribution in [3.8, 4) is 28.7 Å². The number of ether oxygens (including phenoxy) is 4. The lowest BCUT2D eigenvalue weighted by molar-refractivity contribution is -0.129. The van der Waals surface area contributed by atoms with Crippen molar-refractivity contribution in [2.75, 3.05) is 21.3 Å². The van der Waals surface area contributed by atoms with Gasteiger partial charge in [0, 0.05) is 17.2 Å². The van der Waals surface area contributed by atoms with E-state index < -0.39 is 5.97 Å². The molecule has 2 aromatic rings. The average Bonchev–Trinajstić information content (AvgIpc) is 3.03. The van der Waals surface area contributed by atoms with Crippen LogP contribution in [-0.4, -0.2) is 43.4 Å². The maximum atomic E-state index is 12.1. The highest BCUT2D eigenvalue weighted by Gasteiger charge is 2.26. The fraction of sp³-hybridized carbons (Fsp3) is 0.158. The van der Waals surface area contributed by atoms with E-state index in [1.807, 2.05) is 0 Å². The molecule has 8 nitrogen and oxygen atoms in total. The molecule has 2 N–H and O–H groups in total. The molecule has 0 radical (unpaired) electrons. The zero-order valence-electron chi connectivity index (χ0n) is 14.8. The van der Waals surface area contributed by atoms with Gasteiger partial charge in [0.2, 0.25) is 11.6 Å². The number of rotatable bonds is 5. The molecular weight excluding hydrogens is 354 g/mol. The maximum absolute atomic E-state index is 12.1. The number of aromatic hydroxyl groups is 2. The Kier molecular flexibility index (Phi) is 4.89. The summed E-state index contributed by atoms with van der Waals surface area (Å²) < 4.78 is 21.1. The number of phenolic OH excluding ortho intramolecular Hbond substituents is 2. The summed E-state index contributed by atoms with van der Waals surface area (Å²) in [5.41, 5.74) is 0.769. The summed E-state index contributed by atoms with van der Waals surface area (Å²) in [7, 11) is 4.43. The van der Waals surface area contributed by atoms with Crippen LogP contribution in [0.4, 0.5) is 0 Å². The molecule has 0 saturated carbocycles. The molecule has 0 spiro atoms. The molecule has 0 aliphatic carbocycles. The van der Waals surface area contributed by atoms with Crippen molar-refractivity contribution in [1.29, 1.82) is 0 Å². The van der Waals surface area contributed by atoms with Gasteiger partial charge in [-0.1, -0.05) is 0 Å². The van der Waals surface area contributed by atoms with Crippen LogP contribution in [0, 0.1) is 0 Å². The van der Waals surface area contributed by atoms with Gasteiger partial charge in [-0.3, -0.25) is 0 Å². The first-order valence-electron chi connectivity index (χ1n) is 7.81. The fourth-order valence-corrected chi connectivity index (χ4v) is 2.54. The number of hydrogen-bond donors (Lipinski definition) is 2. The van der Waals surface area contributed by atoms with Crippen molar-refractivity contribution in [2.45, 2.75) is 0 Å². The molecule has 8 heteroatoms. The molecule has 0 atom stereocenters. The van der Waals surface area contributed by atoms with Gasteiger partial charge in [0.05, 0.1) is 21.3 Å². The number of benzene rings is 2. The van der Waals surface area contributed by atoms with Gasteiger partial charge in [0.15, 0.2) is 17.2 Å². The number of carbonyl (C=O) groups is 1. The molecule has 27 heavy (non-hydrogen) atoms. The van der Waals surface area contributed by atoms with Crippen LogP contribution < -0.4 is 14.2 Å². The van der Waals surface area contributed by atoms with E-state index in [1.54, 1.807) is 12.1 Å². The summed E-state index contributed by atoms with van der Waals surface area (Å²) in [6.07, 6.45) is 1.36. The van der Waals surface area contributed by atoms with E-state index >= 15 is 0 Å². The molecule has 0 fully saturated rings. The Labute approximate surface area is 154 Å². The summed E-state index contributed by atoms with van der Waals surface area (Å²) in [4.78, 5) is 16.3. The number of aliphatic imine (C=N–C) groups is 1. The standard InChI is InChI=1S/C19H17NO7/c1-24-15-7-11(8-16(25-2)17(15)26-3)18-20-13(19(23)27-18)6-10-4-5-12(21)9-14(10)22/h4-9,21-22H,1-3H3/b13-6+. The van der Waals surface area contributed by atoms with Gasteiger partial charge in [-0.2, -0.15) is 0 Å². The number of hydrogen-bond acceptors (Lipinski definition) is 8. The lowest BCUT2D eigenvalue weighted by Gasteiger charge is -2.13. The topological polar surface area (TPSA) is 107 Å². The minimum Gasteiger partial charge on any atom is -0.508 e. The molecule has 0 aromatic heterocycles. The number of cyclic esters (lactones) is 1. The Morgan fingerprint density at radius 1 is 1.00 bits per heavy atom. The Hall–Kier alpha value is -3.68. The molecule has 1 heterocycles. The second-order valence-electron chi connectivity index (χ2n) is 5.49. The zero-order valence-corrected chi connectivity index (χ0v) is 14.8. The minimum absolute atomic E-state index is 0.000239. The first-order chi connectivity index (χ1) is 13.0. The van der Waals surface area contributed by atoms with Crippen LogP contribution in [0.3, 0.4) is 0 Å². The SMILES string of the molecule is COc1cc(C2=N/C(=C/c3ccc(O)cc3O)C(=O)O2)cc(OC)c1OC. The third-order valence-electron chi connectivity index (χ3n) is 3.84. The van der Waals surface area contributed by atoms with E-state index in [0.29, 0.717) is 28.4 Å². The summed E-state index contributed by atoms with van der Waals surface area (Å²) in [5, 5.41) is 19.2. The molecule has 0 unspecified atom stereocenters.